The van der Waals surface area contributed by atoms with E-state index in [1.807, 2.05) is 6.92 Å². The van der Waals surface area contributed by atoms with Crippen molar-refractivity contribution >= 4 is 17.3 Å². The van der Waals surface area contributed by atoms with Gasteiger partial charge < -0.3 is 15.8 Å². The van der Waals surface area contributed by atoms with Gasteiger partial charge in [-0.25, -0.2) is 10.8 Å². The average Bonchev–Trinajstić information content (AvgIpc) is 2.37. The number of rotatable bonds is 7. The molecule has 1 heterocycles. The van der Waals surface area contributed by atoms with Crippen molar-refractivity contribution in [2.45, 2.75) is 25.9 Å². The Labute approximate surface area is 104 Å². The zero-order valence-electron chi connectivity index (χ0n) is 10.1. The number of nitrogen functional groups attached to an aromatic ring is 1. The van der Waals surface area contributed by atoms with Crippen molar-refractivity contribution in [3.8, 4) is 0 Å². The third kappa shape index (κ3) is 4.15. The van der Waals surface area contributed by atoms with Crippen molar-refractivity contribution in [2.75, 3.05) is 17.3 Å². The van der Waals surface area contributed by atoms with Crippen LogP contribution in [0.5, 0.6) is 0 Å². The van der Waals surface area contributed by atoms with Crippen molar-refractivity contribution < 1.29 is 10.0 Å². The van der Waals surface area contributed by atoms with Gasteiger partial charge in [-0.3, -0.25) is 10.1 Å². The molecule has 0 aliphatic heterocycles. The minimum absolute atomic E-state index is 0.100. The molecule has 0 saturated carbocycles. The number of anilines is 2. The van der Waals surface area contributed by atoms with Crippen LogP contribution in [0, 0.1) is 10.1 Å². The van der Waals surface area contributed by atoms with E-state index < -0.39 is 4.92 Å². The quantitative estimate of drug-likeness (QED) is 0.323. The summed E-state index contributed by atoms with van der Waals surface area (Å²) in [5, 5.41) is 23.0. The van der Waals surface area contributed by atoms with Gasteiger partial charge in [0.15, 0.2) is 0 Å². The number of nitro groups is 1. The van der Waals surface area contributed by atoms with E-state index in [9.17, 15) is 15.2 Å². The number of aromatic nitrogens is 1. The van der Waals surface area contributed by atoms with Gasteiger partial charge in [0, 0.05) is 6.54 Å². The van der Waals surface area contributed by atoms with Crippen LogP contribution < -0.4 is 16.6 Å². The molecule has 0 radical (unpaired) electrons. The first-order valence-electron chi connectivity index (χ1n) is 5.61. The number of nitrogens with zero attached hydrogens (tertiary/aromatic N) is 2. The smallest absolute Gasteiger partial charge is 0.276 e. The minimum Gasteiger partial charge on any atom is -0.393 e. The van der Waals surface area contributed by atoms with Crippen molar-refractivity contribution in [2.24, 2.45) is 5.84 Å². The highest BCUT2D eigenvalue weighted by Gasteiger charge is 2.10. The third-order valence-corrected chi connectivity index (χ3v) is 2.42. The number of aliphatic hydroxyl groups excluding tert-OH is 1. The second-order valence-electron chi connectivity index (χ2n) is 3.77. The van der Waals surface area contributed by atoms with E-state index in [-0.39, 0.29) is 17.6 Å². The van der Waals surface area contributed by atoms with E-state index in [1.54, 1.807) is 0 Å². The fraction of sp³-hybridized carbons (Fsp3) is 0.500. The van der Waals surface area contributed by atoms with Gasteiger partial charge in [-0.15, -0.1) is 0 Å². The molecule has 1 aromatic rings. The maximum atomic E-state index is 10.7. The van der Waals surface area contributed by atoms with Crippen molar-refractivity contribution in [3.05, 3.63) is 22.2 Å². The SMILES string of the molecule is CCC(O)CCNc1cc([N+](=O)[O-])cc(NN)n1. The molecule has 1 atom stereocenters. The van der Waals surface area contributed by atoms with E-state index in [2.05, 4.69) is 15.7 Å². The van der Waals surface area contributed by atoms with E-state index in [1.165, 1.54) is 12.1 Å². The number of nitrogens with one attached hydrogen (secondary N) is 2. The third-order valence-electron chi connectivity index (χ3n) is 2.42. The summed E-state index contributed by atoms with van der Waals surface area (Å²) in [5.74, 6) is 5.74. The van der Waals surface area contributed by atoms with Crippen LogP contribution in [-0.4, -0.2) is 27.7 Å². The van der Waals surface area contributed by atoms with Crippen molar-refractivity contribution in [1.29, 1.82) is 0 Å². The van der Waals surface area contributed by atoms with E-state index in [0.717, 1.165) is 0 Å². The number of hydrogen-bond acceptors (Lipinski definition) is 7. The Kier molecular flexibility index (Phi) is 5.28. The molecule has 1 unspecified atom stereocenters. The van der Waals surface area contributed by atoms with Crippen LogP contribution in [0.25, 0.3) is 0 Å². The molecule has 5 N–H and O–H groups in total. The highest BCUT2D eigenvalue weighted by Crippen LogP contribution is 2.19. The first-order chi connectivity index (χ1) is 8.56. The molecule has 0 aromatic carbocycles. The van der Waals surface area contributed by atoms with Crippen LogP contribution in [-0.2, 0) is 0 Å². The summed E-state index contributed by atoms with van der Waals surface area (Å²) in [7, 11) is 0. The van der Waals surface area contributed by atoms with Gasteiger partial charge in [0.2, 0.25) is 0 Å². The Hall–Kier alpha value is -1.93. The van der Waals surface area contributed by atoms with Crippen LogP contribution in [0.1, 0.15) is 19.8 Å². The number of nitrogens with two attached hydrogens (primary N) is 1. The van der Waals surface area contributed by atoms with Crippen LogP contribution in [0.3, 0.4) is 0 Å². The molecule has 0 spiro atoms. The second kappa shape index (κ2) is 6.72. The van der Waals surface area contributed by atoms with Gasteiger partial charge in [-0.2, -0.15) is 0 Å². The number of hydrazine groups is 1. The van der Waals surface area contributed by atoms with Gasteiger partial charge >= 0.3 is 0 Å². The number of aliphatic hydroxyl groups is 1. The molecule has 0 bridgehead atoms. The summed E-state index contributed by atoms with van der Waals surface area (Å²) in [6.45, 7) is 2.36. The van der Waals surface area contributed by atoms with Crippen LogP contribution in [0.15, 0.2) is 12.1 Å². The predicted molar refractivity (Wildman–Crippen MR) is 68.1 cm³/mol. The summed E-state index contributed by atoms with van der Waals surface area (Å²) < 4.78 is 0. The zero-order valence-corrected chi connectivity index (χ0v) is 10.1. The van der Waals surface area contributed by atoms with Crippen LogP contribution in [0.4, 0.5) is 17.3 Å². The van der Waals surface area contributed by atoms with Gasteiger partial charge in [-0.1, -0.05) is 6.92 Å². The summed E-state index contributed by atoms with van der Waals surface area (Å²) in [5.41, 5.74) is 2.17. The molecule has 1 aromatic heterocycles. The van der Waals surface area contributed by atoms with Gasteiger partial charge in [0.05, 0.1) is 23.2 Å². The molecule has 100 valence electrons. The Bertz CT molecular complexity index is 412. The lowest BCUT2D eigenvalue weighted by atomic mass is 10.2. The first kappa shape index (κ1) is 14.1. The maximum absolute atomic E-state index is 10.7. The molecule has 0 aliphatic rings. The molecular weight excluding hydrogens is 238 g/mol. The lowest BCUT2D eigenvalue weighted by Crippen LogP contribution is -2.14. The van der Waals surface area contributed by atoms with E-state index in [0.29, 0.717) is 25.2 Å². The normalized spacial score (nSPS) is 11.9. The molecule has 8 heteroatoms. The van der Waals surface area contributed by atoms with Crippen molar-refractivity contribution in [1.82, 2.24) is 4.98 Å². The largest absolute Gasteiger partial charge is 0.393 e. The van der Waals surface area contributed by atoms with Gasteiger partial charge in [-0.05, 0) is 12.8 Å². The average molecular weight is 255 g/mol. The Morgan fingerprint density at radius 1 is 1.56 bits per heavy atom. The molecule has 0 saturated heterocycles. The van der Waals surface area contributed by atoms with E-state index >= 15 is 0 Å². The monoisotopic (exact) mass is 255 g/mol. The van der Waals surface area contributed by atoms with Gasteiger partial charge in [0.25, 0.3) is 5.69 Å². The summed E-state index contributed by atoms with van der Waals surface area (Å²) in [6.07, 6.45) is 0.828. The summed E-state index contributed by atoms with van der Waals surface area (Å²) in [6, 6.07) is 2.56. The standard InChI is InChI=1S/C10H17N5O3/c1-2-8(16)3-4-12-9-5-7(15(17)18)6-10(13-9)14-11/h5-6,8,16H,2-4,11H2,1H3,(H2,12,13,14). The molecule has 1 rings (SSSR count). The highest BCUT2D eigenvalue weighted by atomic mass is 16.6. The lowest BCUT2D eigenvalue weighted by molar-refractivity contribution is -0.384. The molecule has 0 aliphatic carbocycles. The molecule has 8 nitrogen and oxygen atoms in total. The lowest BCUT2D eigenvalue weighted by Gasteiger charge is -2.10. The van der Waals surface area contributed by atoms with Crippen molar-refractivity contribution in [3.63, 3.8) is 0 Å². The molecule has 0 fully saturated rings. The Balaban J connectivity index is 2.69. The number of hydrogen-bond donors (Lipinski definition) is 4. The molecular formula is C10H17N5O3. The van der Waals surface area contributed by atoms with Crippen LogP contribution in [0.2, 0.25) is 0 Å². The van der Waals surface area contributed by atoms with E-state index in [4.69, 9.17) is 5.84 Å². The first-order valence-corrected chi connectivity index (χ1v) is 5.61. The number of pyridine rings is 1. The fourth-order valence-corrected chi connectivity index (χ4v) is 1.36. The summed E-state index contributed by atoms with van der Waals surface area (Å²) >= 11 is 0. The molecule has 18 heavy (non-hydrogen) atoms. The highest BCUT2D eigenvalue weighted by molar-refractivity contribution is 5.54. The fourth-order valence-electron chi connectivity index (χ4n) is 1.36. The van der Waals surface area contributed by atoms with Crippen LogP contribution >= 0.6 is 0 Å². The topological polar surface area (TPSA) is 126 Å². The molecule has 0 amide bonds. The van der Waals surface area contributed by atoms with Gasteiger partial charge in [0.1, 0.15) is 11.6 Å². The second-order valence-corrected chi connectivity index (χ2v) is 3.77. The Morgan fingerprint density at radius 2 is 2.22 bits per heavy atom. The Morgan fingerprint density at radius 3 is 2.78 bits per heavy atom. The maximum Gasteiger partial charge on any atom is 0.276 e. The summed E-state index contributed by atoms with van der Waals surface area (Å²) in [4.78, 5) is 14.2. The zero-order chi connectivity index (χ0) is 13.5. The predicted octanol–water partition coefficient (Wildman–Crippen LogP) is 0.848. The minimum atomic E-state index is -0.519.